The Hall–Kier alpha value is -2.05. The zero-order chi connectivity index (χ0) is 16.5. The molecular weight excluding hydrogens is 321 g/mol. The fraction of sp³-hybridized carbons (Fsp3) is 0.133. The van der Waals surface area contributed by atoms with E-state index in [9.17, 15) is 23.1 Å². The van der Waals surface area contributed by atoms with Crippen molar-refractivity contribution in [2.75, 3.05) is 0 Å². The predicted molar refractivity (Wildman–Crippen MR) is 74.5 cm³/mol. The highest BCUT2D eigenvalue weighted by Crippen LogP contribution is 2.33. The van der Waals surface area contributed by atoms with E-state index in [1.54, 1.807) is 0 Å². The number of aliphatic hydroxyl groups is 1. The molecule has 0 saturated heterocycles. The first-order chi connectivity index (χ1) is 10.2. The molecule has 7 heteroatoms. The quantitative estimate of drug-likeness (QED) is 0.889. The molecule has 2 rings (SSSR count). The number of carbonyl (C=O) groups is 1. The molecule has 1 atom stereocenters. The Balaban J connectivity index is 2.51. The second-order valence-corrected chi connectivity index (χ2v) is 5.03. The van der Waals surface area contributed by atoms with Crippen LogP contribution in [0.4, 0.5) is 13.2 Å². The first-order valence-corrected chi connectivity index (χ1v) is 6.45. The van der Waals surface area contributed by atoms with Gasteiger partial charge in [0, 0.05) is 5.02 Å². The maximum absolute atomic E-state index is 12.7. The van der Waals surface area contributed by atoms with Crippen molar-refractivity contribution in [1.82, 2.24) is 0 Å². The van der Waals surface area contributed by atoms with Crippen molar-refractivity contribution in [3.63, 3.8) is 0 Å². The van der Waals surface area contributed by atoms with Gasteiger partial charge < -0.3 is 10.2 Å². The lowest BCUT2D eigenvalue weighted by Gasteiger charge is -2.12. The standard InChI is InChI=1S/C15H10ClF3O3/c16-12-6-9(4-10(7-12)13(20)14(21)22)8-2-1-3-11(5-8)15(17,18)19/h1-7,13,20H,(H,21,22). The van der Waals surface area contributed by atoms with Gasteiger partial charge in [0.05, 0.1) is 5.56 Å². The Bertz CT molecular complexity index is 713. The molecule has 0 radical (unpaired) electrons. The van der Waals surface area contributed by atoms with Crippen molar-refractivity contribution in [1.29, 1.82) is 0 Å². The number of hydrogen-bond donors (Lipinski definition) is 2. The van der Waals surface area contributed by atoms with Crippen molar-refractivity contribution in [3.8, 4) is 11.1 Å². The molecule has 0 bridgehead atoms. The number of halogens is 4. The number of carboxylic acids is 1. The summed E-state index contributed by atoms with van der Waals surface area (Å²) < 4.78 is 38.2. The molecule has 0 spiro atoms. The highest BCUT2D eigenvalue weighted by molar-refractivity contribution is 6.31. The first kappa shape index (κ1) is 16.3. The third-order valence-corrected chi connectivity index (χ3v) is 3.21. The van der Waals surface area contributed by atoms with Crippen LogP contribution in [0.2, 0.25) is 5.02 Å². The number of carboxylic acid groups (broad SMARTS) is 1. The van der Waals surface area contributed by atoms with Crippen LogP contribution in [0.5, 0.6) is 0 Å². The van der Waals surface area contributed by atoms with Crippen LogP contribution in [0.25, 0.3) is 11.1 Å². The average Bonchev–Trinajstić information content (AvgIpc) is 2.45. The van der Waals surface area contributed by atoms with E-state index in [0.717, 1.165) is 12.1 Å². The number of aliphatic carboxylic acids is 1. The first-order valence-electron chi connectivity index (χ1n) is 6.07. The number of hydrogen-bond acceptors (Lipinski definition) is 2. The topological polar surface area (TPSA) is 57.5 Å². The molecule has 2 aromatic carbocycles. The number of rotatable bonds is 3. The highest BCUT2D eigenvalue weighted by atomic mass is 35.5. The van der Waals surface area contributed by atoms with Crippen molar-refractivity contribution in [2.45, 2.75) is 12.3 Å². The minimum absolute atomic E-state index is 0.00703. The largest absolute Gasteiger partial charge is 0.479 e. The van der Waals surface area contributed by atoms with Crippen LogP contribution in [-0.2, 0) is 11.0 Å². The molecule has 0 aliphatic heterocycles. The van der Waals surface area contributed by atoms with Crippen molar-refractivity contribution in [3.05, 3.63) is 58.6 Å². The normalized spacial score (nSPS) is 13.0. The Morgan fingerprint density at radius 1 is 1.09 bits per heavy atom. The number of aliphatic hydroxyl groups excluding tert-OH is 1. The molecule has 2 N–H and O–H groups in total. The summed E-state index contributed by atoms with van der Waals surface area (Å²) in [7, 11) is 0. The van der Waals surface area contributed by atoms with Gasteiger partial charge in [0.15, 0.2) is 6.10 Å². The number of alkyl halides is 3. The summed E-state index contributed by atoms with van der Waals surface area (Å²) in [5, 5.41) is 18.5. The molecule has 0 aliphatic carbocycles. The van der Waals surface area contributed by atoms with Crippen LogP contribution in [-0.4, -0.2) is 16.2 Å². The van der Waals surface area contributed by atoms with Gasteiger partial charge in [0.2, 0.25) is 0 Å². The molecule has 0 saturated carbocycles. The van der Waals surface area contributed by atoms with Crippen LogP contribution < -0.4 is 0 Å². The summed E-state index contributed by atoms with van der Waals surface area (Å²) in [6.07, 6.45) is -6.29. The summed E-state index contributed by atoms with van der Waals surface area (Å²) in [6.45, 7) is 0. The van der Waals surface area contributed by atoms with Gasteiger partial charge in [0.25, 0.3) is 0 Å². The SMILES string of the molecule is O=C(O)C(O)c1cc(Cl)cc(-c2cccc(C(F)(F)F)c2)c1. The minimum Gasteiger partial charge on any atom is -0.479 e. The Morgan fingerprint density at radius 2 is 1.77 bits per heavy atom. The van der Waals surface area contributed by atoms with Crippen molar-refractivity contribution in [2.24, 2.45) is 0 Å². The van der Waals surface area contributed by atoms with Gasteiger partial charge in [-0.25, -0.2) is 4.79 Å². The maximum Gasteiger partial charge on any atom is 0.416 e. The Kier molecular flexibility index (Phi) is 4.44. The lowest BCUT2D eigenvalue weighted by Crippen LogP contribution is -2.10. The monoisotopic (exact) mass is 330 g/mol. The van der Waals surface area contributed by atoms with Crippen molar-refractivity contribution >= 4 is 17.6 Å². The molecular formula is C15H10ClF3O3. The summed E-state index contributed by atoms with van der Waals surface area (Å²) in [5.41, 5.74) is -0.331. The highest BCUT2D eigenvalue weighted by Gasteiger charge is 2.30. The maximum atomic E-state index is 12.7. The van der Waals surface area contributed by atoms with Gasteiger partial charge >= 0.3 is 12.1 Å². The fourth-order valence-electron chi connectivity index (χ4n) is 1.95. The lowest BCUT2D eigenvalue weighted by atomic mass is 9.99. The predicted octanol–water partition coefficient (Wildman–Crippen LogP) is 4.14. The van der Waals surface area contributed by atoms with Gasteiger partial charge in [-0.2, -0.15) is 13.2 Å². The van der Waals surface area contributed by atoms with E-state index in [1.165, 1.54) is 30.3 Å². The van der Waals surface area contributed by atoms with E-state index >= 15 is 0 Å². The Labute approximate surface area is 128 Å². The molecule has 0 aromatic heterocycles. The molecule has 116 valence electrons. The number of benzene rings is 2. The van der Waals surface area contributed by atoms with Gasteiger partial charge in [-0.05, 0) is 47.0 Å². The van der Waals surface area contributed by atoms with E-state index < -0.39 is 23.8 Å². The molecule has 3 nitrogen and oxygen atoms in total. The van der Waals surface area contributed by atoms with Crippen LogP contribution in [0, 0.1) is 0 Å². The van der Waals surface area contributed by atoms with E-state index in [0.29, 0.717) is 0 Å². The van der Waals surface area contributed by atoms with Gasteiger partial charge in [-0.1, -0.05) is 23.7 Å². The molecule has 0 heterocycles. The second-order valence-electron chi connectivity index (χ2n) is 4.59. The molecule has 2 aromatic rings. The van der Waals surface area contributed by atoms with Crippen molar-refractivity contribution < 1.29 is 28.2 Å². The molecule has 22 heavy (non-hydrogen) atoms. The van der Waals surface area contributed by atoms with E-state index in [4.69, 9.17) is 16.7 Å². The average molecular weight is 331 g/mol. The van der Waals surface area contributed by atoms with E-state index in [2.05, 4.69) is 0 Å². The van der Waals surface area contributed by atoms with Crippen LogP contribution in [0.15, 0.2) is 42.5 Å². The summed E-state index contributed by atoms with van der Waals surface area (Å²) >= 11 is 5.85. The fourth-order valence-corrected chi connectivity index (χ4v) is 2.20. The third kappa shape index (κ3) is 3.58. The van der Waals surface area contributed by atoms with Gasteiger partial charge in [-0.3, -0.25) is 0 Å². The van der Waals surface area contributed by atoms with Gasteiger partial charge in [0.1, 0.15) is 0 Å². The van der Waals surface area contributed by atoms with Gasteiger partial charge in [-0.15, -0.1) is 0 Å². The second kappa shape index (κ2) is 5.98. The molecule has 0 amide bonds. The summed E-state index contributed by atoms with van der Waals surface area (Å²) in [6, 6.07) is 8.49. The zero-order valence-corrected chi connectivity index (χ0v) is 11.7. The lowest BCUT2D eigenvalue weighted by molar-refractivity contribution is -0.147. The smallest absolute Gasteiger partial charge is 0.416 e. The van der Waals surface area contributed by atoms with Crippen LogP contribution >= 0.6 is 11.6 Å². The Morgan fingerprint density at radius 3 is 2.36 bits per heavy atom. The third-order valence-electron chi connectivity index (χ3n) is 2.99. The van der Waals surface area contributed by atoms with Crippen LogP contribution in [0.1, 0.15) is 17.2 Å². The molecule has 1 unspecified atom stereocenters. The van der Waals surface area contributed by atoms with Crippen LogP contribution in [0.3, 0.4) is 0 Å². The molecule has 0 fully saturated rings. The molecule has 0 aliphatic rings. The zero-order valence-electron chi connectivity index (χ0n) is 10.9. The summed E-state index contributed by atoms with van der Waals surface area (Å²) in [4.78, 5) is 10.8. The minimum atomic E-state index is -4.49. The van der Waals surface area contributed by atoms with E-state index in [-0.39, 0.29) is 21.7 Å². The van der Waals surface area contributed by atoms with E-state index in [1.807, 2.05) is 0 Å². The summed E-state index contributed by atoms with van der Waals surface area (Å²) in [5.74, 6) is -1.47.